The van der Waals surface area contributed by atoms with Crippen LogP contribution in [-0.4, -0.2) is 34.5 Å². The number of fused-ring (bicyclic) bond motifs is 1. The summed E-state index contributed by atoms with van der Waals surface area (Å²) in [5.41, 5.74) is 1.29. The van der Waals surface area contributed by atoms with Gasteiger partial charge in [-0.3, -0.25) is 19.5 Å². The Morgan fingerprint density at radius 3 is 2.16 bits per heavy atom. The largest absolute Gasteiger partial charge is 0.482 e. The number of aryl methyl sites for hydroxylation is 1. The number of imide groups is 1. The third-order valence-corrected chi connectivity index (χ3v) is 3.68. The zero-order valence-corrected chi connectivity index (χ0v) is 13.1. The van der Waals surface area contributed by atoms with E-state index in [1.54, 1.807) is 24.3 Å². The van der Waals surface area contributed by atoms with Crippen LogP contribution in [0, 0.1) is 6.92 Å². The third kappa shape index (κ3) is 3.47. The number of alkyl halides is 3. The zero-order valence-electron chi connectivity index (χ0n) is 13.1. The molecule has 2 heterocycles. The van der Waals surface area contributed by atoms with Gasteiger partial charge < -0.3 is 4.74 Å². The number of aromatic nitrogens is 1. The Balaban J connectivity index is 1.75. The number of carbonyl (C=O) groups excluding carboxylic acids is 2. The van der Waals surface area contributed by atoms with Crippen LogP contribution in [0.2, 0.25) is 0 Å². The molecule has 8 heteroatoms. The lowest BCUT2D eigenvalue weighted by atomic mass is 10.1. The summed E-state index contributed by atoms with van der Waals surface area (Å²) in [7, 11) is 0. The lowest BCUT2D eigenvalue weighted by molar-refractivity contribution is -0.153. The number of nitrogens with zero attached hydrogens (tertiary/aromatic N) is 2. The second-order valence-electron chi connectivity index (χ2n) is 5.53. The van der Waals surface area contributed by atoms with Crippen molar-refractivity contribution >= 4 is 11.8 Å². The summed E-state index contributed by atoms with van der Waals surface area (Å²) in [5.74, 6) is -0.835. The van der Waals surface area contributed by atoms with E-state index in [9.17, 15) is 22.8 Å². The fraction of sp³-hybridized carbons (Fsp3) is 0.235. The standard InChI is InChI=1S/C17H13F3N2O3/c1-10-14(25-9-17(18,19)20)7-6-11(21-10)8-22-15(23)12-4-2-3-5-13(12)16(22)24/h2-7H,8-9H2,1H3. The number of hydrogen-bond donors (Lipinski definition) is 0. The molecule has 0 spiro atoms. The fourth-order valence-corrected chi connectivity index (χ4v) is 2.55. The molecular weight excluding hydrogens is 337 g/mol. The molecule has 1 aromatic carbocycles. The molecule has 130 valence electrons. The topological polar surface area (TPSA) is 59.5 Å². The first-order chi connectivity index (χ1) is 11.8. The van der Waals surface area contributed by atoms with Crippen molar-refractivity contribution in [3.05, 3.63) is 58.9 Å². The summed E-state index contributed by atoms with van der Waals surface area (Å²) in [4.78, 5) is 29.8. The van der Waals surface area contributed by atoms with Gasteiger partial charge in [-0.1, -0.05) is 12.1 Å². The van der Waals surface area contributed by atoms with Gasteiger partial charge in [0.2, 0.25) is 0 Å². The Morgan fingerprint density at radius 1 is 1.04 bits per heavy atom. The van der Waals surface area contributed by atoms with Crippen LogP contribution in [0.1, 0.15) is 32.1 Å². The number of pyridine rings is 1. The minimum atomic E-state index is -4.44. The molecule has 1 aromatic heterocycles. The predicted octanol–water partition coefficient (Wildman–Crippen LogP) is 3.13. The molecular formula is C17H13F3N2O3. The van der Waals surface area contributed by atoms with E-state index >= 15 is 0 Å². The maximum atomic E-state index is 12.3. The first-order valence-electron chi connectivity index (χ1n) is 7.37. The van der Waals surface area contributed by atoms with Gasteiger partial charge in [-0.25, -0.2) is 0 Å². The molecule has 25 heavy (non-hydrogen) atoms. The van der Waals surface area contributed by atoms with E-state index in [4.69, 9.17) is 0 Å². The molecule has 2 amide bonds. The Kier molecular flexibility index (Phi) is 4.20. The molecule has 0 saturated carbocycles. The van der Waals surface area contributed by atoms with Gasteiger partial charge in [-0.15, -0.1) is 0 Å². The summed E-state index contributed by atoms with van der Waals surface area (Å²) in [6, 6.07) is 9.26. The van der Waals surface area contributed by atoms with Gasteiger partial charge >= 0.3 is 6.18 Å². The molecule has 1 aliphatic rings. The molecule has 3 rings (SSSR count). The van der Waals surface area contributed by atoms with E-state index < -0.39 is 24.6 Å². The average Bonchev–Trinajstić information content (AvgIpc) is 2.79. The predicted molar refractivity (Wildman–Crippen MR) is 81.2 cm³/mol. The van der Waals surface area contributed by atoms with E-state index in [1.165, 1.54) is 19.1 Å². The minimum absolute atomic E-state index is 0.00318. The number of ether oxygens (including phenoxy) is 1. The van der Waals surface area contributed by atoms with Crippen molar-refractivity contribution in [1.82, 2.24) is 9.88 Å². The molecule has 0 unspecified atom stereocenters. The summed E-state index contributed by atoms with van der Waals surface area (Å²) < 4.78 is 41.3. The maximum Gasteiger partial charge on any atom is 0.422 e. The Hall–Kier alpha value is -2.90. The van der Waals surface area contributed by atoms with E-state index in [0.29, 0.717) is 16.8 Å². The van der Waals surface area contributed by atoms with E-state index in [0.717, 1.165) is 4.90 Å². The highest BCUT2D eigenvalue weighted by atomic mass is 19.4. The SMILES string of the molecule is Cc1nc(CN2C(=O)c3ccccc3C2=O)ccc1OCC(F)(F)F. The van der Waals surface area contributed by atoms with Gasteiger partial charge in [0, 0.05) is 0 Å². The van der Waals surface area contributed by atoms with E-state index in [1.807, 2.05) is 0 Å². The Bertz CT molecular complexity index is 814. The number of carbonyl (C=O) groups is 2. The maximum absolute atomic E-state index is 12.3. The molecule has 0 fully saturated rings. The highest BCUT2D eigenvalue weighted by Gasteiger charge is 2.35. The molecule has 0 atom stereocenters. The van der Waals surface area contributed by atoms with Gasteiger partial charge in [0.25, 0.3) is 11.8 Å². The first kappa shape index (κ1) is 16.9. The fourth-order valence-electron chi connectivity index (χ4n) is 2.55. The van der Waals surface area contributed by atoms with Crippen molar-refractivity contribution in [3.8, 4) is 5.75 Å². The molecule has 1 aliphatic heterocycles. The molecule has 5 nitrogen and oxygen atoms in total. The van der Waals surface area contributed by atoms with E-state index in [-0.39, 0.29) is 18.0 Å². The van der Waals surface area contributed by atoms with Crippen LogP contribution in [0.3, 0.4) is 0 Å². The molecule has 0 saturated heterocycles. The van der Waals surface area contributed by atoms with E-state index in [2.05, 4.69) is 9.72 Å². The molecule has 2 aromatic rings. The average molecular weight is 350 g/mol. The molecule has 0 aliphatic carbocycles. The van der Waals surface area contributed by atoms with Crippen molar-refractivity contribution in [2.45, 2.75) is 19.6 Å². The van der Waals surface area contributed by atoms with Crippen molar-refractivity contribution in [2.75, 3.05) is 6.61 Å². The van der Waals surface area contributed by atoms with Crippen molar-refractivity contribution in [2.24, 2.45) is 0 Å². The number of benzene rings is 1. The number of amides is 2. The smallest absolute Gasteiger partial charge is 0.422 e. The normalized spacial score (nSPS) is 14.0. The van der Waals surface area contributed by atoms with Crippen LogP contribution in [0.25, 0.3) is 0 Å². The van der Waals surface area contributed by atoms with Gasteiger partial charge in [0.1, 0.15) is 5.75 Å². The third-order valence-electron chi connectivity index (χ3n) is 3.68. The summed E-state index contributed by atoms with van der Waals surface area (Å²) in [6.45, 7) is 0.0254. The van der Waals surface area contributed by atoms with Crippen LogP contribution < -0.4 is 4.74 Å². The summed E-state index contributed by atoms with van der Waals surface area (Å²) in [5, 5.41) is 0. The van der Waals surface area contributed by atoms with Crippen LogP contribution in [-0.2, 0) is 6.54 Å². The van der Waals surface area contributed by atoms with Gasteiger partial charge in [-0.05, 0) is 31.2 Å². The van der Waals surface area contributed by atoms with Crippen molar-refractivity contribution in [1.29, 1.82) is 0 Å². The van der Waals surface area contributed by atoms with Crippen LogP contribution in [0.15, 0.2) is 36.4 Å². The highest BCUT2D eigenvalue weighted by molar-refractivity contribution is 6.21. The van der Waals surface area contributed by atoms with Crippen LogP contribution in [0.4, 0.5) is 13.2 Å². The van der Waals surface area contributed by atoms with Gasteiger partial charge in [-0.2, -0.15) is 13.2 Å². The van der Waals surface area contributed by atoms with Crippen molar-refractivity contribution in [3.63, 3.8) is 0 Å². The second-order valence-corrected chi connectivity index (χ2v) is 5.53. The van der Waals surface area contributed by atoms with Crippen LogP contribution in [0.5, 0.6) is 5.75 Å². The summed E-state index contributed by atoms with van der Waals surface area (Å²) in [6.07, 6.45) is -4.44. The number of rotatable bonds is 4. The first-order valence-corrected chi connectivity index (χ1v) is 7.37. The number of halogens is 3. The lowest BCUT2D eigenvalue weighted by Crippen LogP contribution is -2.29. The van der Waals surface area contributed by atoms with Crippen molar-refractivity contribution < 1.29 is 27.5 Å². The molecule has 0 N–H and O–H groups in total. The Morgan fingerprint density at radius 2 is 1.64 bits per heavy atom. The van der Waals surface area contributed by atoms with Gasteiger partial charge in [0.15, 0.2) is 6.61 Å². The zero-order chi connectivity index (χ0) is 18.2. The molecule has 0 radical (unpaired) electrons. The number of hydrogen-bond acceptors (Lipinski definition) is 4. The Labute approximate surface area is 141 Å². The van der Waals surface area contributed by atoms with Gasteiger partial charge in [0.05, 0.1) is 29.1 Å². The highest BCUT2D eigenvalue weighted by Crippen LogP contribution is 2.25. The second kappa shape index (κ2) is 6.19. The lowest BCUT2D eigenvalue weighted by Gasteiger charge is -2.15. The summed E-state index contributed by atoms with van der Waals surface area (Å²) >= 11 is 0. The minimum Gasteiger partial charge on any atom is -0.482 e. The molecule has 0 bridgehead atoms. The monoisotopic (exact) mass is 350 g/mol. The quantitative estimate of drug-likeness (QED) is 0.795. The van der Waals surface area contributed by atoms with Crippen LogP contribution >= 0.6 is 0 Å².